The van der Waals surface area contributed by atoms with E-state index in [1.54, 1.807) is 16.3 Å². The number of unbranched alkanes of at least 4 members (excludes halogenated alkanes) is 1. The van der Waals surface area contributed by atoms with E-state index in [4.69, 9.17) is 0 Å². The zero-order chi connectivity index (χ0) is 9.68. The summed E-state index contributed by atoms with van der Waals surface area (Å²) in [4.78, 5) is 11.3. The first-order valence-corrected chi connectivity index (χ1v) is 5.56. The molecular formula is C8H15N3OS. The van der Waals surface area contributed by atoms with E-state index in [2.05, 4.69) is 17.1 Å². The summed E-state index contributed by atoms with van der Waals surface area (Å²) in [6.45, 7) is 4.93. The van der Waals surface area contributed by atoms with Gasteiger partial charge < -0.3 is 0 Å². The summed E-state index contributed by atoms with van der Waals surface area (Å²) in [5, 5.41) is 7.22. The summed E-state index contributed by atoms with van der Waals surface area (Å²) in [5.74, 6) is 0.941. The lowest BCUT2D eigenvalue weighted by molar-refractivity contribution is 0.573. The quantitative estimate of drug-likeness (QED) is 0.734. The van der Waals surface area contributed by atoms with Gasteiger partial charge in [-0.3, -0.25) is 4.57 Å². The van der Waals surface area contributed by atoms with Crippen molar-refractivity contribution in [2.75, 3.05) is 5.75 Å². The molecule has 0 saturated carbocycles. The van der Waals surface area contributed by atoms with E-state index in [-0.39, 0.29) is 5.69 Å². The third kappa shape index (κ3) is 2.62. The van der Waals surface area contributed by atoms with Crippen LogP contribution in [0, 0.1) is 0 Å². The fraction of sp³-hybridized carbons (Fsp3) is 0.750. The van der Waals surface area contributed by atoms with Gasteiger partial charge in [0.05, 0.1) is 0 Å². The van der Waals surface area contributed by atoms with Gasteiger partial charge in [-0.25, -0.2) is 9.89 Å². The highest BCUT2D eigenvalue weighted by molar-refractivity contribution is 7.99. The number of hydrogen-bond acceptors (Lipinski definition) is 3. The van der Waals surface area contributed by atoms with E-state index < -0.39 is 0 Å². The summed E-state index contributed by atoms with van der Waals surface area (Å²) >= 11 is 1.59. The van der Waals surface area contributed by atoms with Crippen LogP contribution >= 0.6 is 11.8 Å². The van der Waals surface area contributed by atoms with Crippen molar-refractivity contribution in [1.82, 2.24) is 14.8 Å². The number of nitrogens with one attached hydrogen (secondary N) is 1. The Labute approximate surface area is 81.7 Å². The molecule has 0 bridgehead atoms. The number of aromatic amines is 1. The highest BCUT2D eigenvalue weighted by atomic mass is 32.2. The molecule has 0 spiro atoms. The average molecular weight is 201 g/mol. The molecule has 5 heteroatoms. The van der Waals surface area contributed by atoms with Gasteiger partial charge in [-0.05, 0) is 12.2 Å². The molecule has 0 aliphatic rings. The van der Waals surface area contributed by atoms with Crippen LogP contribution in [0.1, 0.15) is 26.7 Å². The summed E-state index contributed by atoms with van der Waals surface area (Å²) in [6, 6.07) is 0. The van der Waals surface area contributed by atoms with Crippen molar-refractivity contribution >= 4 is 11.8 Å². The molecule has 1 N–H and O–H groups in total. The fourth-order valence-electron chi connectivity index (χ4n) is 1.06. The topological polar surface area (TPSA) is 50.7 Å². The molecule has 0 aliphatic carbocycles. The lowest BCUT2D eigenvalue weighted by Gasteiger charge is -2.01. The molecule has 74 valence electrons. The van der Waals surface area contributed by atoms with Crippen LogP contribution in [0.15, 0.2) is 9.95 Å². The Morgan fingerprint density at radius 1 is 1.54 bits per heavy atom. The van der Waals surface area contributed by atoms with Crippen molar-refractivity contribution in [3.8, 4) is 0 Å². The Morgan fingerprint density at radius 3 is 2.92 bits per heavy atom. The van der Waals surface area contributed by atoms with Gasteiger partial charge in [0.25, 0.3) is 0 Å². The molecule has 0 unspecified atom stereocenters. The molecule has 0 fully saturated rings. The normalized spacial score (nSPS) is 10.6. The number of thioether (sulfide) groups is 1. The van der Waals surface area contributed by atoms with Gasteiger partial charge in [0.1, 0.15) is 0 Å². The predicted molar refractivity (Wildman–Crippen MR) is 54.2 cm³/mol. The van der Waals surface area contributed by atoms with Crippen molar-refractivity contribution in [2.45, 2.75) is 38.4 Å². The molecule has 13 heavy (non-hydrogen) atoms. The standard InChI is InChI=1S/C8H15N3OS/c1-3-5-6-11-7(12)9-10-8(11)13-4-2/h3-6H2,1-2H3,(H,9,12). The van der Waals surface area contributed by atoms with E-state index in [9.17, 15) is 4.79 Å². The molecule has 0 aromatic carbocycles. The van der Waals surface area contributed by atoms with Crippen molar-refractivity contribution in [3.63, 3.8) is 0 Å². The van der Waals surface area contributed by atoms with Crippen LogP contribution in [0.5, 0.6) is 0 Å². The molecule has 1 rings (SSSR count). The summed E-state index contributed by atoms with van der Waals surface area (Å²) in [7, 11) is 0. The Balaban J connectivity index is 2.75. The van der Waals surface area contributed by atoms with Crippen molar-refractivity contribution < 1.29 is 0 Å². The molecule has 1 aromatic rings. The molecule has 4 nitrogen and oxygen atoms in total. The molecule has 0 radical (unpaired) electrons. The Hall–Kier alpha value is -0.710. The zero-order valence-corrected chi connectivity index (χ0v) is 8.86. The largest absolute Gasteiger partial charge is 0.343 e. The highest BCUT2D eigenvalue weighted by Gasteiger charge is 2.06. The van der Waals surface area contributed by atoms with Crippen LogP contribution in [0.25, 0.3) is 0 Å². The second-order valence-corrected chi connectivity index (χ2v) is 3.98. The van der Waals surface area contributed by atoms with Gasteiger partial charge in [0.2, 0.25) is 0 Å². The summed E-state index contributed by atoms with van der Waals surface area (Å²) < 4.78 is 1.71. The Morgan fingerprint density at radius 2 is 2.31 bits per heavy atom. The van der Waals surface area contributed by atoms with Gasteiger partial charge in [0.15, 0.2) is 5.16 Å². The maximum absolute atomic E-state index is 11.3. The van der Waals surface area contributed by atoms with Crippen molar-refractivity contribution in [1.29, 1.82) is 0 Å². The lowest BCUT2D eigenvalue weighted by atomic mass is 10.3. The molecular weight excluding hydrogens is 186 g/mol. The number of nitrogens with zero attached hydrogens (tertiary/aromatic N) is 2. The van der Waals surface area contributed by atoms with Gasteiger partial charge >= 0.3 is 5.69 Å². The number of H-pyrrole nitrogens is 1. The number of aromatic nitrogens is 3. The maximum atomic E-state index is 11.3. The highest BCUT2D eigenvalue weighted by Crippen LogP contribution is 2.12. The van der Waals surface area contributed by atoms with Crippen molar-refractivity contribution in [2.24, 2.45) is 0 Å². The molecule has 0 atom stereocenters. The number of hydrogen-bond donors (Lipinski definition) is 1. The van der Waals surface area contributed by atoms with E-state index in [0.29, 0.717) is 0 Å². The molecule has 1 aromatic heterocycles. The Bertz CT molecular complexity index is 305. The van der Waals surface area contributed by atoms with Crippen LogP contribution < -0.4 is 5.69 Å². The SMILES string of the molecule is CCCCn1c(SCC)n[nH]c1=O. The minimum atomic E-state index is -0.0931. The van der Waals surface area contributed by atoms with E-state index in [0.717, 1.165) is 30.3 Å². The van der Waals surface area contributed by atoms with Crippen LogP contribution in [0.3, 0.4) is 0 Å². The first kappa shape index (κ1) is 10.4. The second kappa shape index (κ2) is 5.11. The Kier molecular flexibility index (Phi) is 4.08. The first-order valence-electron chi connectivity index (χ1n) is 4.57. The van der Waals surface area contributed by atoms with Crippen LogP contribution in [0.4, 0.5) is 0 Å². The van der Waals surface area contributed by atoms with E-state index in [1.807, 2.05) is 6.92 Å². The van der Waals surface area contributed by atoms with Crippen molar-refractivity contribution in [3.05, 3.63) is 10.5 Å². The third-order valence-corrected chi connectivity index (χ3v) is 2.59. The lowest BCUT2D eigenvalue weighted by Crippen LogP contribution is -2.17. The average Bonchev–Trinajstić information content (AvgIpc) is 2.45. The van der Waals surface area contributed by atoms with E-state index >= 15 is 0 Å². The zero-order valence-electron chi connectivity index (χ0n) is 8.04. The minimum absolute atomic E-state index is 0.0931. The molecule has 0 saturated heterocycles. The summed E-state index contributed by atoms with van der Waals surface area (Å²) in [5.41, 5.74) is -0.0931. The smallest absolute Gasteiger partial charge is 0.270 e. The first-order chi connectivity index (χ1) is 6.29. The molecule has 1 heterocycles. The fourth-order valence-corrected chi connectivity index (χ4v) is 1.75. The molecule has 0 amide bonds. The second-order valence-electron chi connectivity index (χ2n) is 2.75. The van der Waals surface area contributed by atoms with Gasteiger partial charge in [-0.2, -0.15) is 0 Å². The molecule has 0 aliphatic heterocycles. The van der Waals surface area contributed by atoms with E-state index in [1.165, 1.54) is 0 Å². The van der Waals surface area contributed by atoms with Gasteiger partial charge in [-0.15, -0.1) is 5.10 Å². The minimum Gasteiger partial charge on any atom is -0.270 e. The van der Waals surface area contributed by atoms with Crippen LogP contribution in [-0.2, 0) is 6.54 Å². The van der Waals surface area contributed by atoms with Gasteiger partial charge in [0, 0.05) is 6.54 Å². The van der Waals surface area contributed by atoms with Crippen LogP contribution in [0.2, 0.25) is 0 Å². The van der Waals surface area contributed by atoms with Gasteiger partial charge in [-0.1, -0.05) is 32.0 Å². The number of rotatable bonds is 5. The summed E-state index contributed by atoms with van der Waals surface area (Å²) in [6.07, 6.45) is 2.12. The predicted octanol–water partition coefficient (Wildman–Crippen LogP) is 1.48. The maximum Gasteiger partial charge on any atom is 0.343 e. The third-order valence-electron chi connectivity index (χ3n) is 1.73. The monoisotopic (exact) mass is 201 g/mol. The van der Waals surface area contributed by atoms with Crippen LogP contribution in [-0.4, -0.2) is 20.5 Å².